The second kappa shape index (κ2) is 7.14. The van der Waals surface area contributed by atoms with E-state index in [-0.39, 0.29) is 6.10 Å². The van der Waals surface area contributed by atoms with Crippen LogP contribution in [0.15, 0.2) is 46.9 Å². The first-order valence-corrected chi connectivity index (χ1v) is 7.46. The highest BCUT2D eigenvalue weighted by Gasteiger charge is 2.10. The van der Waals surface area contributed by atoms with Crippen LogP contribution in [0.4, 0.5) is 0 Å². The third-order valence-corrected chi connectivity index (χ3v) is 3.19. The first-order chi connectivity index (χ1) is 10.1. The molecule has 2 aromatic carbocycles. The van der Waals surface area contributed by atoms with Gasteiger partial charge in [-0.1, -0.05) is 34.1 Å². The minimum Gasteiger partial charge on any atom is -0.491 e. The molecule has 0 saturated heterocycles. The van der Waals surface area contributed by atoms with Gasteiger partial charge in [-0.2, -0.15) is 5.26 Å². The third kappa shape index (κ3) is 4.51. The van der Waals surface area contributed by atoms with Crippen molar-refractivity contribution in [3.05, 3.63) is 58.1 Å². The molecule has 0 radical (unpaired) electrons. The van der Waals surface area contributed by atoms with Gasteiger partial charge in [-0.3, -0.25) is 0 Å². The summed E-state index contributed by atoms with van der Waals surface area (Å²) in [5.41, 5.74) is 1.93. The highest BCUT2D eigenvalue weighted by Crippen LogP contribution is 2.27. The zero-order chi connectivity index (χ0) is 15.2. The number of fused-ring (bicyclic) bond motifs is 1. The van der Waals surface area contributed by atoms with Gasteiger partial charge in [0.1, 0.15) is 18.1 Å². The van der Waals surface area contributed by atoms with Crippen molar-refractivity contribution in [2.75, 3.05) is 0 Å². The topological polar surface area (TPSA) is 42.2 Å². The Bertz CT molecular complexity index is 639. The Balaban J connectivity index is 0.000000170. The summed E-state index contributed by atoms with van der Waals surface area (Å²) in [5.74, 6) is 1.77. The lowest BCUT2D eigenvalue weighted by atomic mass is 10.1. The molecular formula is C17H16BrNO2. The van der Waals surface area contributed by atoms with Crippen LogP contribution in [-0.4, -0.2) is 6.10 Å². The van der Waals surface area contributed by atoms with E-state index in [1.807, 2.05) is 38.1 Å². The maximum Gasteiger partial charge on any atom is 0.126 e. The Kier molecular flexibility index (Phi) is 5.24. The maximum absolute atomic E-state index is 8.69. The largest absolute Gasteiger partial charge is 0.491 e. The second-order valence-electron chi connectivity index (χ2n) is 4.85. The molecule has 1 aliphatic heterocycles. The van der Waals surface area contributed by atoms with Crippen LogP contribution < -0.4 is 9.47 Å². The van der Waals surface area contributed by atoms with Crippen LogP contribution in [0.1, 0.15) is 25.0 Å². The molecule has 0 atom stereocenters. The molecule has 0 amide bonds. The summed E-state index contributed by atoms with van der Waals surface area (Å²) in [6.07, 6.45) is 0.126. The Morgan fingerprint density at radius 1 is 1.24 bits per heavy atom. The van der Waals surface area contributed by atoms with Crippen molar-refractivity contribution >= 4 is 15.9 Å². The molecule has 1 aliphatic rings. The Hall–Kier alpha value is -1.99. The highest BCUT2D eigenvalue weighted by atomic mass is 79.9. The number of nitriles is 1. The van der Waals surface area contributed by atoms with Crippen LogP contribution in [0, 0.1) is 11.3 Å². The summed E-state index contributed by atoms with van der Waals surface area (Å²) < 4.78 is 11.4. The third-order valence-electron chi connectivity index (χ3n) is 2.73. The molecule has 0 saturated carbocycles. The minimum absolute atomic E-state index is 0.126. The van der Waals surface area contributed by atoms with Crippen molar-refractivity contribution in [1.29, 1.82) is 5.26 Å². The zero-order valence-electron chi connectivity index (χ0n) is 12.0. The first-order valence-electron chi connectivity index (χ1n) is 6.66. The van der Waals surface area contributed by atoms with E-state index in [0.29, 0.717) is 5.56 Å². The highest BCUT2D eigenvalue weighted by molar-refractivity contribution is 9.10. The van der Waals surface area contributed by atoms with Crippen molar-refractivity contribution in [2.45, 2.75) is 26.6 Å². The van der Waals surface area contributed by atoms with E-state index < -0.39 is 0 Å². The van der Waals surface area contributed by atoms with Crippen LogP contribution in [0.3, 0.4) is 0 Å². The number of ether oxygens (including phenoxy) is 2. The molecule has 3 nitrogen and oxygen atoms in total. The molecule has 0 N–H and O–H groups in total. The van der Waals surface area contributed by atoms with Crippen molar-refractivity contribution < 1.29 is 9.47 Å². The number of halogens is 1. The number of hydrogen-bond acceptors (Lipinski definition) is 3. The van der Waals surface area contributed by atoms with Crippen LogP contribution in [0.2, 0.25) is 0 Å². The van der Waals surface area contributed by atoms with Crippen LogP contribution >= 0.6 is 15.9 Å². The van der Waals surface area contributed by atoms with E-state index >= 15 is 0 Å². The van der Waals surface area contributed by atoms with Crippen molar-refractivity contribution in [1.82, 2.24) is 0 Å². The average molecular weight is 346 g/mol. The van der Waals surface area contributed by atoms with Crippen LogP contribution in [0.25, 0.3) is 0 Å². The van der Waals surface area contributed by atoms with Gasteiger partial charge in [-0.25, -0.2) is 0 Å². The van der Waals surface area contributed by atoms with Crippen LogP contribution in [-0.2, 0) is 6.61 Å². The van der Waals surface area contributed by atoms with E-state index in [2.05, 4.69) is 28.1 Å². The lowest BCUT2D eigenvalue weighted by Crippen LogP contribution is -2.07. The lowest BCUT2D eigenvalue weighted by Gasteiger charge is -2.18. The fourth-order valence-electron chi connectivity index (χ4n) is 1.81. The normalized spacial score (nSPS) is 11.2. The molecule has 3 rings (SSSR count). The van der Waals surface area contributed by atoms with Gasteiger partial charge in [-0.15, -0.1) is 0 Å². The summed E-state index contributed by atoms with van der Waals surface area (Å²) in [4.78, 5) is 0. The summed E-state index contributed by atoms with van der Waals surface area (Å²) in [6, 6.07) is 15.5. The van der Waals surface area contributed by atoms with Crippen molar-refractivity contribution in [3.63, 3.8) is 0 Å². The summed E-state index contributed by atoms with van der Waals surface area (Å²) in [6.45, 7) is 4.70. The Morgan fingerprint density at radius 3 is 2.48 bits per heavy atom. The molecule has 0 bridgehead atoms. The minimum atomic E-state index is 0.126. The summed E-state index contributed by atoms with van der Waals surface area (Å²) in [7, 11) is 0. The number of para-hydroxylation sites is 1. The number of nitrogens with zero attached hydrogens (tertiary/aromatic N) is 1. The smallest absolute Gasteiger partial charge is 0.126 e. The summed E-state index contributed by atoms with van der Waals surface area (Å²) >= 11 is 3.31. The number of rotatable bonds is 2. The molecule has 108 valence electrons. The van der Waals surface area contributed by atoms with Crippen molar-refractivity contribution in [2.24, 2.45) is 0 Å². The quantitative estimate of drug-likeness (QED) is 0.792. The average Bonchev–Trinajstić information content (AvgIpc) is 2.39. The number of benzene rings is 2. The van der Waals surface area contributed by atoms with Gasteiger partial charge in [0.05, 0.1) is 17.7 Å². The van der Waals surface area contributed by atoms with Crippen molar-refractivity contribution in [3.8, 4) is 17.6 Å². The van der Waals surface area contributed by atoms with Gasteiger partial charge in [0.2, 0.25) is 0 Å². The van der Waals surface area contributed by atoms with E-state index in [0.717, 1.165) is 22.6 Å². The number of hydrogen-bond donors (Lipinski definition) is 0. The lowest BCUT2D eigenvalue weighted by molar-refractivity contribution is 0.242. The van der Waals surface area contributed by atoms with Crippen LogP contribution in [0.5, 0.6) is 11.5 Å². The standard InChI is InChI=1S/C10H10BrNO.C7H6O/c1-7(2)13-10-4-8(6-12)3-9(11)5-10;1-2-4-7-6(3-1)5-8-7/h3-5,7H,1-2H3;1-4H,5H2. The summed E-state index contributed by atoms with van der Waals surface area (Å²) in [5, 5.41) is 8.69. The second-order valence-corrected chi connectivity index (χ2v) is 5.77. The Labute approximate surface area is 133 Å². The van der Waals surface area contributed by atoms with Gasteiger partial charge < -0.3 is 9.47 Å². The molecule has 1 heterocycles. The molecule has 0 spiro atoms. The fourth-order valence-corrected chi connectivity index (χ4v) is 2.28. The predicted molar refractivity (Wildman–Crippen MR) is 85.4 cm³/mol. The molecular weight excluding hydrogens is 330 g/mol. The molecule has 0 aliphatic carbocycles. The van der Waals surface area contributed by atoms with Gasteiger partial charge in [-0.05, 0) is 38.1 Å². The van der Waals surface area contributed by atoms with E-state index in [9.17, 15) is 0 Å². The molecule has 0 fully saturated rings. The molecule has 2 aromatic rings. The van der Waals surface area contributed by atoms with E-state index in [4.69, 9.17) is 14.7 Å². The zero-order valence-corrected chi connectivity index (χ0v) is 13.6. The first kappa shape index (κ1) is 15.4. The van der Waals surface area contributed by atoms with E-state index in [1.54, 1.807) is 12.1 Å². The fraction of sp³-hybridized carbons (Fsp3) is 0.235. The molecule has 0 unspecified atom stereocenters. The SMILES string of the molecule is CC(C)Oc1cc(Br)cc(C#N)c1.c1ccc2c(c1)CO2. The van der Waals surface area contributed by atoms with Gasteiger partial charge in [0.15, 0.2) is 0 Å². The van der Waals surface area contributed by atoms with E-state index in [1.165, 1.54) is 5.56 Å². The predicted octanol–water partition coefficient (Wildman–Crippen LogP) is 4.69. The molecule has 0 aromatic heterocycles. The van der Waals surface area contributed by atoms with Gasteiger partial charge in [0.25, 0.3) is 0 Å². The molecule has 21 heavy (non-hydrogen) atoms. The maximum atomic E-state index is 8.69. The molecule has 4 heteroatoms. The van der Waals surface area contributed by atoms with Gasteiger partial charge in [0, 0.05) is 10.0 Å². The monoisotopic (exact) mass is 345 g/mol. The Morgan fingerprint density at radius 2 is 2.00 bits per heavy atom. The van der Waals surface area contributed by atoms with Gasteiger partial charge >= 0.3 is 0 Å².